The van der Waals surface area contributed by atoms with E-state index in [0.717, 1.165) is 51.6 Å². The number of nitrogens with one attached hydrogen (secondary N) is 1. The van der Waals surface area contributed by atoms with Gasteiger partial charge in [0.1, 0.15) is 0 Å². The monoisotopic (exact) mass is 315 g/mol. The summed E-state index contributed by atoms with van der Waals surface area (Å²) in [5.74, 6) is 0.823. The lowest BCUT2D eigenvalue weighted by Gasteiger charge is -2.43. The molecule has 2 heterocycles. The van der Waals surface area contributed by atoms with Gasteiger partial charge in [0.2, 0.25) is 0 Å². The van der Waals surface area contributed by atoms with Crippen LogP contribution in [-0.4, -0.2) is 44.7 Å². The zero-order valence-electron chi connectivity index (χ0n) is 13.1. The third-order valence-electron chi connectivity index (χ3n) is 5.92. The van der Waals surface area contributed by atoms with Gasteiger partial charge < -0.3 is 10.1 Å². The molecule has 3 aliphatic rings. The summed E-state index contributed by atoms with van der Waals surface area (Å²) in [7, 11) is -0.987. The molecule has 2 aliphatic heterocycles. The molecule has 1 saturated carbocycles. The van der Waals surface area contributed by atoms with Crippen LogP contribution >= 0.6 is 0 Å². The molecule has 5 heteroatoms. The summed E-state index contributed by atoms with van der Waals surface area (Å²) in [6.07, 6.45) is 9.62. The van der Waals surface area contributed by atoms with Gasteiger partial charge in [0.05, 0.1) is 16.6 Å². The smallest absolute Gasteiger partial charge is 0.154 e. The highest BCUT2D eigenvalue weighted by atomic mass is 32.2. The molecule has 21 heavy (non-hydrogen) atoms. The van der Waals surface area contributed by atoms with E-state index in [1.165, 1.54) is 12.8 Å². The average molecular weight is 315 g/mol. The van der Waals surface area contributed by atoms with Crippen LogP contribution in [0.15, 0.2) is 0 Å². The van der Waals surface area contributed by atoms with Crippen molar-refractivity contribution >= 4 is 9.84 Å². The largest absolute Gasteiger partial charge is 0.375 e. The second-order valence-electron chi connectivity index (χ2n) is 7.21. The first-order valence-electron chi connectivity index (χ1n) is 8.59. The number of hydrogen-bond acceptors (Lipinski definition) is 4. The zero-order valence-corrected chi connectivity index (χ0v) is 14.0. The maximum absolute atomic E-state index is 12.5. The molecule has 0 amide bonds. The van der Waals surface area contributed by atoms with Crippen molar-refractivity contribution in [2.75, 3.05) is 19.4 Å². The van der Waals surface area contributed by atoms with Crippen molar-refractivity contribution in [1.29, 1.82) is 0 Å². The van der Waals surface area contributed by atoms with Crippen LogP contribution in [-0.2, 0) is 14.6 Å². The average Bonchev–Trinajstić information content (AvgIpc) is 2.89. The maximum Gasteiger partial charge on any atom is 0.154 e. The number of ether oxygens (including phenoxy) is 1. The van der Waals surface area contributed by atoms with Crippen LogP contribution in [0.5, 0.6) is 0 Å². The summed E-state index contributed by atoms with van der Waals surface area (Å²) < 4.78 is 31.0. The van der Waals surface area contributed by atoms with E-state index in [4.69, 9.17) is 4.74 Å². The Kier molecular flexibility index (Phi) is 4.63. The Bertz CT molecular complexity index is 456. The molecule has 2 saturated heterocycles. The molecule has 3 atom stereocenters. The van der Waals surface area contributed by atoms with Gasteiger partial charge in [-0.2, -0.15) is 0 Å². The predicted molar refractivity (Wildman–Crippen MR) is 84.1 cm³/mol. The number of hydrogen-bond donors (Lipinski definition) is 1. The molecule has 0 aromatic carbocycles. The van der Waals surface area contributed by atoms with E-state index in [2.05, 4.69) is 5.32 Å². The molecule has 122 valence electrons. The molecule has 0 aromatic heterocycles. The van der Waals surface area contributed by atoms with E-state index in [-0.39, 0.29) is 16.9 Å². The van der Waals surface area contributed by atoms with Gasteiger partial charge in [-0.25, -0.2) is 8.42 Å². The molecule has 3 rings (SSSR count). The van der Waals surface area contributed by atoms with Crippen LogP contribution in [0.4, 0.5) is 0 Å². The zero-order chi connectivity index (χ0) is 14.9. The summed E-state index contributed by atoms with van der Waals surface area (Å²) in [6, 6.07) is 0.108. The molecule has 0 radical (unpaired) electrons. The van der Waals surface area contributed by atoms with Crippen LogP contribution in [0, 0.1) is 5.92 Å². The van der Waals surface area contributed by atoms with E-state index in [1.54, 1.807) is 0 Å². The lowest BCUT2D eigenvalue weighted by atomic mass is 9.79. The summed E-state index contributed by atoms with van der Waals surface area (Å²) in [5, 5.41) is 3.19. The minimum Gasteiger partial charge on any atom is -0.375 e. The highest BCUT2D eigenvalue weighted by Gasteiger charge is 2.45. The van der Waals surface area contributed by atoms with Crippen molar-refractivity contribution in [2.24, 2.45) is 5.92 Å². The van der Waals surface area contributed by atoms with Gasteiger partial charge in [-0.3, -0.25) is 0 Å². The highest BCUT2D eigenvalue weighted by molar-refractivity contribution is 7.92. The third-order valence-corrected chi connectivity index (χ3v) is 8.23. The highest BCUT2D eigenvalue weighted by Crippen LogP contribution is 2.44. The predicted octanol–water partition coefficient (Wildman–Crippen LogP) is 2.28. The van der Waals surface area contributed by atoms with E-state index in [9.17, 15) is 8.42 Å². The van der Waals surface area contributed by atoms with Gasteiger partial charge >= 0.3 is 0 Å². The van der Waals surface area contributed by atoms with Crippen molar-refractivity contribution in [3.8, 4) is 0 Å². The molecule has 3 unspecified atom stereocenters. The van der Waals surface area contributed by atoms with E-state index in [1.807, 2.05) is 7.05 Å². The van der Waals surface area contributed by atoms with Crippen molar-refractivity contribution in [3.05, 3.63) is 0 Å². The van der Waals surface area contributed by atoms with Crippen molar-refractivity contribution in [1.82, 2.24) is 5.32 Å². The van der Waals surface area contributed by atoms with Gasteiger partial charge in [-0.15, -0.1) is 0 Å². The van der Waals surface area contributed by atoms with Gasteiger partial charge in [0.25, 0.3) is 0 Å². The Morgan fingerprint density at radius 2 is 1.90 bits per heavy atom. The van der Waals surface area contributed by atoms with E-state index < -0.39 is 9.84 Å². The number of sulfone groups is 1. The fourth-order valence-corrected chi connectivity index (χ4v) is 7.09. The summed E-state index contributed by atoms with van der Waals surface area (Å²) in [5.41, 5.74) is 0.0659. The number of rotatable bonds is 3. The van der Waals surface area contributed by atoms with Crippen LogP contribution in [0.25, 0.3) is 0 Å². The van der Waals surface area contributed by atoms with Gasteiger partial charge in [-0.1, -0.05) is 19.3 Å². The fraction of sp³-hybridized carbons (Fsp3) is 1.00. The molecule has 3 fully saturated rings. The summed E-state index contributed by atoms with van der Waals surface area (Å²) >= 11 is 0. The van der Waals surface area contributed by atoms with Crippen LogP contribution in [0.3, 0.4) is 0 Å². The molecule has 1 aliphatic carbocycles. The lowest BCUT2D eigenvalue weighted by Crippen LogP contribution is -2.53. The molecular formula is C16H29NO3S. The molecule has 4 nitrogen and oxygen atoms in total. The first-order chi connectivity index (χ1) is 10.1. The first-order valence-corrected chi connectivity index (χ1v) is 10.3. The van der Waals surface area contributed by atoms with Crippen LogP contribution in [0.1, 0.15) is 57.8 Å². The van der Waals surface area contributed by atoms with Gasteiger partial charge in [0.15, 0.2) is 9.84 Å². The minimum absolute atomic E-state index is 0.0659. The lowest BCUT2D eigenvalue weighted by molar-refractivity contribution is -0.0978. The molecular weight excluding hydrogens is 286 g/mol. The molecule has 1 N–H and O–H groups in total. The second-order valence-corrected chi connectivity index (χ2v) is 9.55. The van der Waals surface area contributed by atoms with E-state index in [0.29, 0.717) is 11.7 Å². The van der Waals surface area contributed by atoms with E-state index >= 15 is 0 Å². The maximum atomic E-state index is 12.5. The Balaban J connectivity index is 1.76. The molecule has 1 spiro atoms. The minimum atomic E-state index is -2.92. The molecule has 0 bridgehead atoms. The van der Waals surface area contributed by atoms with Crippen molar-refractivity contribution < 1.29 is 13.2 Å². The Hall–Kier alpha value is -0.130. The van der Waals surface area contributed by atoms with Gasteiger partial charge in [-0.05, 0) is 51.5 Å². The molecule has 0 aromatic rings. The van der Waals surface area contributed by atoms with Gasteiger partial charge in [0, 0.05) is 12.6 Å². The Morgan fingerprint density at radius 3 is 2.57 bits per heavy atom. The topological polar surface area (TPSA) is 55.4 Å². The summed E-state index contributed by atoms with van der Waals surface area (Å²) in [6.45, 7) is 0.801. The van der Waals surface area contributed by atoms with Crippen molar-refractivity contribution in [3.63, 3.8) is 0 Å². The SMILES string of the molecule is CNC(C1CCOC2(CCCC2)C1)C1CCCCS1(=O)=O. The van der Waals surface area contributed by atoms with Crippen LogP contribution < -0.4 is 5.32 Å². The fourth-order valence-electron chi connectivity index (χ4n) is 4.85. The first kappa shape index (κ1) is 15.8. The standard InChI is InChI=1S/C16H29NO3S/c1-17-15(14-6-2-5-11-21(14,18)19)13-7-10-20-16(12-13)8-3-4-9-16/h13-15,17H,2-12H2,1H3. The van der Waals surface area contributed by atoms with Crippen LogP contribution in [0.2, 0.25) is 0 Å². The quantitative estimate of drug-likeness (QED) is 0.868. The van der Waals surface area contributed by atoms with Crippen molar-refractivity contribution in [2.45, 2.75) is 74.7 Å². The Morgan fingerprint density at radius 1 is 1.14 bits per heavy atom. The normalized spacial score (nSPS) is 36.6. The second kappa shape index (κ2) is 6.17. The summed E-state index contributed by atoms with van der Waals surface area (Å²) in [4.78, 5) is 0. The Labute approximate surface area is 128 Å². The third kappa shape index (κ3) is 3.15.